The lowest BCUT2D eigenvalue weighted by Gasteiger charge is -2.11. The number of nitrogen functional groups attached to an aromatic ring is 1. The van der Waals surface area contributed by atoms with Crippen molar-refractivity contribution >= 4 is 11.7 Å². The number of carbonyl (C=O) groups excluding carboxylic acids is 1. The van der Waals surface area contributed by atoms with Gasteiger partial charge < -0.3 is 21.1 Å². The molecule has 4 N–H and O–H groups in total. The molecule has 1 fully saturated rings. The van der Waals surface area contributed by atoms with Gasteiger partial charge in [-0.2, -0.15) is 0 Å². The van der Waals surface area contributed by atoms with E-state index in [4.69, 9.17) is 10.5 Å². The van der Waals surface area contributed by atoms with Crippen molar-refractivity contribution < 1.29 is 9.53 Å². The lowest BCUT2D eigenvalue weighted by atomic mass is 10.2. The monoisotopic (exact) mass is 235 g/mol. The Balaban J connectivity index is 1.92. The number of amides is 2. The van der Waals surface area contributed by atoms with Crippen molar-refractivity contribution in [2.45, 2.75) is 25.4 Å². The molecule has 1 aliphatic carbocycles. The van der Waals surface area contributed by atoms with Crippen LogP contribution in [0.25, 0.3) is 0 Å². The van der Waals surface area contributed by atoms with Gasteiger partial charge in [-0.1, -0.05) is 0 Å². The second kappa shape index (κ2) is 4.95. The fourth-order valence-corrected chi connectivity index (χ4v) is 1.58. The summed E-state index contributed by atoms with van der Waals surface area (Å²) < 4.78 is 5.20. The first-order valence-corrected chi connectivity index (χ1v) is 5.66. The molecule has 0 spiro atoms. The van der Waals surface area contributed by atoms with Crippen molar-refractivity contribution in [3.63, 3.8) is 0 Å². The Kier molecular flexibility index (Phi) is 3.37. The number of nitrogens with one attached hydrogen (secondary N) is 2. The molecule has 0 unspecified atom stereocenters. The Hall–Kier alpha value is -1.91. The first kappa shape index (κ1) is 11.6. The Morgan fingerprint density at radius 1 is 1.53 bits per heavy atom. The summed E-state index contributed by atoms with van der Waals surface area (Å²) >= 11 is 0. The van der Waals surface area contributed by atoms with Gasteiger partial charge in [-0.25, -0.2) is 4.79 Å². The molecule has 0 heterocycles. The van der Waals surface area contributed by atoms with Crippen LogP contribution in [0, 0.1) is 0 Å². The zero-order valence-electron chi connectivity index (χ0n) is 9.82. The van der Waals surface area contributed by atoms with E-state index in [1.54, 1.807) is 25.3 Å². The molecule has 1 aromatic carbocycles. The maximum absolute atomic E-state index is 11.5. The van der Waals surface area contributed by atoms with E-state index in [0.29, 0.717) is 18.3 Å². The van der Waals surface area contributed by atoms with E-state index in [1.807, 2.05) is 0 Å². The number of carbonyl (C=O) groups is 1. The fourth-order valence-electron chi connectivity index (χ4n) is 1.58. The average Bonchev–Trinajstić information content (AvgIpc) is 3.10. The summed E-state index contributed by atoms with van der Waals surface area (Å²) in [5.74, 6) is 0.728. The molecule has 0 saturated heterocycles. The third kappa shape index (κ3) is 3.27. The van der Waals surface area contributed by atoms with Crippen LogP contribution in [-0.4, -0.2) is 19.2 Å². The van der Waals surface area contributed by atoms with Gasteiger partial charge in [0.05, 0.1) is 7.11 Å². The maximum atomic E-state index is 11.5. The lowest BCUT2D eigenvalue weighted by molar-refractivity contribution is 0.240. The summed E-state index contributed by atoms with van der Waals surface area (Å²) in [5.41, 5.74) is 7.23. The van der Waals surface area contributed by atoms with Crippen LogP contribution in [0.15, 0.2) is 18.2 Å². The molecular weight excluding hydrogens is 218 g/mol. The van der Waals surface area contributed by atoms with Crippen LogP contribution >= 0.6 is 0 Å². The van der Waals surface area contributed by atoms with Gasteiger partial charge in [0.1, 0.15) is 5.75 Å². The maximum Gasteiger partial charge on any atom is 0.315 e. The molecule has 0 radical (unpaired) electrons. The van der Waals surface area contributed by atoms with Crippen LogP contribution in [0.4, 0.5) is 10.5 Å². The topological polar surface area (TPSA) is 76.4 Å². The van der Waals surface area contributed by atoms with Gasteiger partial charge in [-0.15, -0.1) is 0 Å². The Bertz CT molecular complexity index is 416. The smallest absolute Gasteiger partial charge is 0.315 e. The summed E-state index contributed by atoms with van der Waals surface area (Å²) in [6.07, 6.45) is 2.16. The Labute approximate surface area is 100 Å². The highest BCUT2D eigenvalue weighted by molar-refractivity contribution is 5.74. The van der Waals surface area contributed by atoms with Gasteiger partial charge in [0.15, 0.2) is 0 Å². The first-order valence-electron chi connectivity index (χ1n) is 5.66. The van der Waals surface area contributed by atoms with Crippen LogP contribution < -0.4 is 21.1 Å². The molecule has 1 aromatic rings. The van der Waals surface area contributed by atoms with Gasteiger partial charge in [0.25, 0.3) is 0 Å². The van der Waals surface area contributed by atoms with Crippen molar-refractivity contribution in [2.24, 2.45) is 0 Å². The van der Waals surface area contributed by atoms with E-state index >= 15 is 0 Å². The van der Waals surface area contributed by atoms with Crippen LogP contribution in [0.1, 0.15) is 18.4 Å². The molecule has 1 saturated carbocycles. The number of benzene rings is 1. The predicted molar refractivity (Wildman–Crippen MR) is 65.8 cm³/mol. The molecular formula is C12H17N3O2. The number of ether oxygens (including phenoxy) is 1. The second-order valence-corrected chi connectivity index (χ2v) is 4.17. The minimum absolute atomic E-state index is 0.142. The molecule has 5 heteroatoms. The van der Waals surface area contributed by atoms with E-state index in [2.05, 4.69) is 10.6 Å². The molecule has 2 rings (SSSR count). The van der Waals surface area contributed by atoms with Gasteiger partial charge >= 0.3 is 6.03 Å². The van der Waals surface area contributed by atoms with Crippen molar-refractivity contribution in [2.75, 3.05) is 12.8 Å². The molecule has 2 amide bonds. The molecule has 0 bridgehead atoms. The van der Waals surface area contributed by atoms with Crippen LogP contribution in [0.2, 0.25) is 0 Å². The molecule has 0 aromatic heterocycles. The van der Waals surface area contributed by atoms with Crippen LogP contribution in [0.3, 0.4) is 0 Å². The predicted octanol–water partition coefficient (Wildman–Crippen LogP) is 1.24. The highest BCUT2D eigenvalue weighted by atomic mass is 16.5. The van der Waals surface area contributed by atoms with Gasteiger partial charge in [-0.05, 0) is 31.0 Å². The van der Waals surface area contributed by atoms with Crippen molar-refractivity contribution in [1.82, 2.24) is 10.6 Å². The summed E-state index contributed by atoms with van der Waals surface area (Å²) in [7, 11) is 1.60. The normalized spacial score (nSPS) is 14.2. The summed E-state index contributed by atoms with van der Waals surface area (Å²) in [4.78, 5) is 11.5. The van der Waals surface area contributed by atoms with E-state index in [1.165, 1.54) is 0 Å². The zero-order chi connectivity index (χ0) is 12.3. The van der Waals surface area contributed by atoms with E-state index in [0.717, 1.165) is 24.2 Å². The quantitative estimate of drug-likeness (QED) is 0.687. The van der Waals surface area contributed by atoms with E-state index in [-0.39, 0.29) is 6.03 Å². The summed E-state index contributed by atoms with van der Waals surface area (Å²) in [6.45, 7) is 0.409. The first-order chi connectivity index (χ1) is 8.19. The number of urea groups is 1. The standard InChI is InChI=1S/C12H17N3O2/c1-17-11-5-2-9(13)6-8(11)7-14-12(16)15-10-3-4-10/h2,5-6,10H,3-4,7,13H2,1H3,(H2,14,15,16). The van der Waals surface area contributed by atoms with Gasteiger partial charge in [-0.3, -0.25) is 0 Å². The largest absolute Gasteiger partial charge is 0.496 e. The number of rotatable bonds is 4. The number of anilines is 1. The number of hydrogen-bond donors (Lipinski definition) is 3. The van der Waals surface area contributed by atoms with Gasteiger partial charge in [0.2, 0.25) is 0 Å². The van der Waals surface area contributed by atoms with Crippen LogP contribution in [0.5, 0.6) is 5.75 Å². The molecule has 1 aliphatic rings. The second-order valence-electron chi connectivity index (χ2n) is 4.17. The minimum Gasteiger partial charge on any atom is -0.496 e. The summed E-state index contributed by atoms with van der Waals surface area (Å²) in [5, 5.41) is 5.64. The number of methoxy groups -OCH3 is 1. The number of nitrogens with two attached hydrogens (primary N) is 1. The van der Waals surface area contributed by atoms with E-state index in [9.17, 15) is 4.79 Å². The molecule has 5 nitrogen and oxygen atoms in total. The molecule has 92 valence electrons. The van der Waals surface area contributed by atoms with E-state index < -0.39 is 0 Å². The van der Waals surface area contributed by atoms with Crippen molar-refractivity contribution in [3.05, 3.63) is 23.8 Å². The number of hydrogen-bond acceptors (Lipinski definition) is 3. The Morgan fingerprint density at radius 3 is 2.94 bits per heavy atom. The zero-order valence-corrected chi connectivity index (χ0v) is 9.82. The van der Waals surface area contributed by atoms with Crippen molar-refractivity contribution in [1.29, 1.82) is 0 Å². The molecule has 0 aliphatic heterocycles. The third-order valence-corrected chi connectivity index (χ3v) is 2.66. The highest BCUT2D eigenvalue weighted by Crippen LogP contribution is 2.21. The summed E-state index contributed by atoms with van der Waals surface area (Å²) in [6, 6.07) is 5.59. The molecule has 17 heavy (non-hydrogen) atoms. The third-order valence-electron chi connectivity index (χ3n) is 2.66. The fraction of sp³-hybridized carbons (Fsp3) is 0.417. The van der Waals surface area contributed by atoms with Crippen LogP contribution in [-0.2, 0) is 6.54 Å². The lowest BCUT2D eigenvalue weighted by Crippen LogP contribution is -2.36. The molecule has 0 atom stereocenters. The van der Waals surface area contributed by atoms with Crippen molar-refractivity contribution in [3.8, 4) is 5.75 Å². The average molecular weight is 235 g/mol. The van der Waals surface area contributed by atoms with Gasteiger partial charge in [0, 0.05) is 23.8 Å². The highest BCUT2D eigenvalue weighted by Gasteiger charge is 2.23. The SMILES string of the molecule is COc1ccc(N)cc1CNC(=O)NC1CC1. The minimum atomic E-state index is -0.142. The Morgan fingerprint density at radius 2 is 2.29 bits per heavy atom.